The number of hydrogen-bond acceptors (Lipinski definition) is 7. The normalized spacial score (nSPS) is 27.7. The van der Waals surface area contributed by atoms with Crippen LogP contribution in [0.2, 0.25) is 0 Å². The van der Waals surface area contributed by atoms with E-state index in [1.165, 1.54) is 6.08 Å². The van der Waals surface area contributed by atoms with Crippen molar-refractivity contribution in [2.24, 2.45) is 16.8 Å². The van der Waals surface area contributed by atoms with Crippen LogP contribution in [0, 0.1) is 5.92 Å². The summed E-state index contributed by atoms with van der Waals surface area (Å²) >= 11 is 0. The number of hydrazone groups is 1. The largest absolute Gasteiger partial charge is 0.488 e. The molecular weight excluding hydrogens is 335 g/mol. The molecule has 1 aromatic rings. The first-order valence-electron chi connectivity index (χ1n) is 8.93. The lowest BCUT2D eigenvalue weighted by Crippen LogP contribution is -2.31. The predicted molar refractivity (Wildman–Crippen MR) is 97.3 cm³/mol. The van der Waals surface area contributed by atoms with E-state index in [9.17, 15) is 4.39 Å². The van der Waals surface area contributed by atoms with Gasteiger partial charge in [0.05, 0.1) is 29.5 Å². The van der Waals surface area contributed by atoms with Crippen LogP contribution >= 0.6 is 0 Å². The molecule has 2 aliphatic heterocycles. The van der Waals surface area contributed by atoms with Gasteiger partial charge in [0.1, 0.15) is 12.1 Å². The maximum Gasteiger partial charge on any atom is 0.162 e. The molecular formula is C18H23FN6O. The molecule has 0 saturated carbocycles. The predicted octanol–water partition coefficient (Wildman–Crippen LogP) is 1.48. The molecule has 1 saturated heterocycles. The molecule has 8 heteroatoms. The van der Waals surface area contributed by atoms with E-state index in [0.717, 1.165) is 36.7 Å². The summed E-state index contributed by atoms with van der Waals surface area (Å²) in [6.07, 6.45) is 5.69. The molecule has 1 aromatic heterocycles. The molecule has 138 valence electrons. The van der Waals surface area contributed by atoms with E-state index >= 15 is 0 Å². The molecule has 0 spiro atoms. The van der Waals surface area contributed by atoms with Gasteiger partial charge in [0.15, 0.2) is 11.6 Å². The van der Waals surface area contributed by atoms with Crippen molar-refractivity contribution in [2.45, 2.75) is 38.5 Å². The Labute approximate surface area is 151 Å². The summed E-state index contributed by atoms with van der Waals surface area (Å²) in [7, 11) is 0. The summed E-state index contributed by atoms with van der Waals surface area (Å²) < 4.78 is 19.8. The smallest absolute Gasteiger partial charge is 0.162 e. The van der Waals surface area contributed by atoms with Crippen molar-refractivity contribution in [1.29, 1.82) is 0 Å². The maximum absolute atomic E-state index is 14.2. The average molecular weight is 358 g/mol. The van der Waals surface area contributed by atoms with E-state index in [1.807, 2.05) is 19.9 Å². The van der Waals surface area contributed by atoms with E-state index in [1.54, 1.807) is 12.4 Å². The summed E-state index contributed by atoms with van der Waals surface area (Å²) in [6.45, 7) is 5.42. The number of anilines is 1. The van der Waals surface area contributed by atoms with Crippen molar-refractivity contribution in [2.75, 3.05) is 18.0 Å². The van der Waals surface area contributed by atoms with E-state index in [-0.39, 0.29) is 35.7 Å². The molecule has 3 heterocycles. The molecule has 1 aliphatic carbocycles. The third-order valence-electron chi connectivity index (χ3n) is 4.76. The summed E-state index contributed by atoms with van der Waals surface area (Å²) in [5, 5.41) is 4.40. The van der Waals surface area contributed by atoms with Gasteiger partial charge in [-0.1, -0.05) is 0 Å². The standard InChI is InChI=1S/C18H23FN6O/c1-10(2)26-16-5-12-14(6-13(16)19)23-24-18(12)15-7-17(22-9-21-15)25-4-3-11(20)8-25/h5-7,9-12,14,23H,3-4,8,20H2,1-2H3/t11-,12?,14?/m1/s1. The quantitative estimate of drug-likeness (QED) is 0.848. The Morgan fingerprint density at radius 3 is 2.92 bits per heavy atom. The second-order valence-electron chi connectivity index (χ2n) is 7.15. The average Bonchev–Trinajstić information content (AvgIpc) is 3.21. The van der Waals surface area contributed by atoms with Gasteiger partial charge in [0, 0.05) is 25.2 Å². The van der Waals surface area contributed by atoms with Crippen LogP contribution in [0.15, 0.2) is 41.2 Å². The summed E-state index contributed by atoms with van der Waals surface area (Å²) in [6, 6.07) is 1.86. The molecule has 0 bridgehead atoms. The van der Waals surface area contributed by atoms with Crippen molar-refractivity contribution in [1.82, 2.24) is 15.4 Å². The van der Waals surface area contributed by atoms with E-state index in [0.29, 0.717) is 0 Å². The highest BCUT2D eigenvalue weighted by molar-refractivity contribution is 6.04. The van der Waals surface area contributed by atoms with Crippen molar-refractivity contribution in [3.63, 3.8) is 0 Å². The van der Waals surface area contributed by atoms with Crippen LogP contribution in [0.1, 0.15) is 26.0 Å². The number of nitrogens with one attached hydrogen (secondary N) is 1. The molecule has 4 rings (SSSR count). The number of nitrogens with zero attached hydrogens (tertiary/aromatic N) is 4. The third-order valence-corrected chi connectivity index (χ3v) is 4.76. The molecule has 7 nitrogen and oxygen atoms in total. The first-order chi connectivity index (χ1) is 12.5. The summed E-state index contributed by atoms with van der Waals surface area (Å²) in [4.78, 5) is 10.9. The van der Waals surface area contributed by atoms with Gasteiger partial charge < -0.3 is 20.8 Å². The molecule has 3 aliphatic rings. The number of ether oxygens (including phenoxy) is 1. The van der Waals surface area contributed by atoms with Crippen molar-refractivity contribution in [3.05, 3.63) is 41.8 Å². The number of rotatable bonds is 4. The van der Waals surface area contributed by atoms with Gasteiger partial charge in [-0.25, -0.2) is 14.4 Å². The number of nitrogens with two attached hydrogens (primary N) is 1. The van der Waals surface area contributed by atoms with Gasteiger partial charge in [-0.3, -0.25) is 0 Å². The number of fused-ring (bicyclic) bond motifs is 1. The highest BCUT2D eigenvalue weighted by Gasteiger charge is 2.36. The SMILES string of the molecule is CC(C)OC1=CC2C(c3cc(N4CC[C@@H](N)C4)ncn3)=NNC2C=C1F. The molecule has 0 aromatic carbocycles. The lowest BCUT2D eigenvalue weighted by Gasteiger charge is -2.23. The van der Waals surface area contributed by atoms with Gasteiger partial charge in [-0.2, -0.15) is 5.10 Å². The van der Waals surface area contributed by atoms with Gasteiger partial charge in [0.2, 0.25) is 0 Å². The molecule has 1 fully saturated rings. The highest BCUT2D eigenvalue weighted by atomic mass is 19.1. The zero-order valence-corrected chi connectivity index (χ0v) is 14.9. The Kier molecular flexibility index (Phi) is 4.36. The number of allylic oxidation sites excluding steroid dienone is 1. The van der Waals surface area contributed by atoms with Crippen LogP contribution in [0.25, 0.3) is 0 Å². The molecule has 3 atom stereocenters. The van der Waals surface area contributed by atoms with Crippen molar-refractivity contribution in [3.8, 4) is 0 Å². The van der Waals surface area contributed by atoms with Crippen LogP contribution in [0.4, 0.5) is 10.2 Å². The van der Waals surface area contributed by atoms with Crippen LogP contribution in [-0.4, -0.2) is 47.0 Å². The number of halogens is 1. The van der Waals surface area contributed by atoms with E-state index in [2.05, 4.69) is 25.4 Å². The summed E-state index contributed by atoms with van der Waals surface area (Å²) in [5.41, 5.74) is 10.5. The topological polar surface area (TPSA) is 88.7 Å². The fourth-order valence-corrected chi connectivity index (χ4v) is 3.51. The maximum atomic E-state index is 14.2. The molecule has 3 N–H and O–H groups in total. The Morgan fingerprint density at radius 1 is 1.35 bits per heavy atom. The zero-order valence-electron chi connectivity index (χ0n) is 14.9. The second kappa shape index (κ2) is 6.68. The highest BCUT2D eigenvalue weighted by Crippen LogP contribution is 2.31. The molecule has 0 radical (unpaired) electrons. The monoisotopic (exact) mass is 358 g/mol. The van der Waals surface area contributed by atoms with Gasteiger partial charge in [-0.15, -0.1) is 0 Å². The van der Waals surface area contributed by atoms with Crippen molar-refractivity contribution >= 4 is 11.5 Å². The lowest BCUT2D eigenvalue weighted by atomic mass is 9.89. The summed E-state index contributed by atoms with van der Waals surface area (Å²) in [5.74, 6) is 0.608. The molecule has 2 unspecified atom stereocenters. The van der Waals surface area contributed by atoms with Crippen LogP contribution in [0.3, 0.4) is 0 Å². The fraction of sp³-hybridized carbons (Fsp3) is 0.500. The number of aromatic nitrogens is 2. The van der Waals surface area contributed by atoms with Crippen LogP contribution < -0.4 is 16.1 Å². The first kappa shape index (κ1) is 17.0. The molecule has 0 amide bonds. The van der Waals surface area contributed by atoms with Crippen LogP contribution in [-0.2, 0) is 4.74 Å². The first-order valence-corrected chi connectivity index (χ1v) is 8.93. The van der Waals surface area contributed by atoms with Crippen molar-refractivity contribution < 1.29 is 9.13 Å². The minimum absolute atomic E-state index is 0.100. The fourth-order valence-electron chi connectivity index (χ4n) is 3.51. The Morgan fingerprint density at radius 2 is 2.19 bits per heavy atom. The minimum Gasteiger partial charge on any atom is -0.488 e. The van der Waals surface area contributed by atoms with Crippen LogP contribution in [0.5, 0.6) is 0 Å². The van der Waals surface area contributed by atoms with Gasteiger partial charge >= 0.3 is 0 Å². The lowest BCUT2D eigenvalue weighted by molar-refractivity contribution is 0.142. The minimum atomic E-state index is -0.363. The van der Waals surface area contributed by atoms with E-state index in [4.69, 9.17) is 10.5 Å². The zero-order chi connectivity index (χ0) is 18.3. The Bertz CT molecular complexity index is 790. The second-order valence-corrected chi connectivity index (χ2v) is 7.15. The van der Waals surface area contributed by atoms with Gasteiger partial charge in [-0.05, 0) is 32.4 Å². The third kappa shape index (κ3) is 3.16. The van der Waals surface area contributed by atoms with Gasteiger partial charge in [0.25, 0.3) is 0 Å². The number of hydrogen-bond donors (Lipinski definition) is 2. The Hall–Kier alpha value is -2.48. The van der Waals surface area contributed by atoms with E-state index < -0.39 is 0 Å². The Balaban J connectivity index is 1.60. The molecule has 26 heavy (non-hydrogen) atoms.